The predicted molar refractivity (Wildman–Crippen MR) is 79.0 cm³/mol. The van der Waals surface area contributed by atoms with Crippen LogP contribution >= 0.6 is 0 Å². The van der Waals surface area contributed by atoms with E-state index >= 15 is 0 Å². The highest BCUT2D eigenvalue weighted by atomic mass is 19.1. The number of aryl methyl sites for hydroxylation is 1. The van der Waals surface area contributed by atoms with E-state index in [1.54, 1.807) is 12.1 Å². The molecule has 0 spiro atoms. The summed E-state index contributed by atoms with van der Waals surface area (Å²) < 4.78 is 13.6. The van der Waals surface area contributed by atoms with Crippen LogP contribution in [0.4, 0.5) is 4.39 Å². The molecule has 2 atom stereocenters. The Morgan fingerprint density at radius 1 is 1.21 bits per heavy atom. The second-order valence-corrected chi connectivity index (χ2v) is 6.99. The quantitative estimate of drug-likeness (QED) is 0.852. The van der Waals surface area contributed by atoms with Crippen LogP contribution in [0.25, 0.3) is 0 Å². The van der Waals surface area contributed by atoms with Crippen LogP contribution < -0.4 is 5.32 Å². The highest BCUT2D eigenvalue weighted by Gasteiger charge is 2.29. The Balaban J connectivity index is 2.09. The molecule has 2 heteroatoms. The average Bonchev–Trinajstić information content (AvgIpc) is 2.72. The highest BCUT2D eigenvalue weighted by molar-refractivity contribution is 5.28. The summed E-state index contributed by atoms with van der Waals surface area (Å²) in [4.78, 5) is 0. The Kier molecular flexibility index (Phi) is 4.29. The monoisotopic (exact) mass is 263 g/mol. The van der Waals surface area contributed by atoms with Gasteiger partial charge in [-0.3, -0.25) is 0 Å². The van der Waals surface area contributed by atoms with Gasteiger partial charge in [0.2, 0.25) is 0 Å². The van der Waals surface area contributed by atoms with Crippen LogP contribution in [0.15, 0.2) is 18.2 Å². The van der Waals surface area contributed by atoms with Gasteiger partial charge < -0.3 is 5.32 Å². The van der Waals surface area contributed by atoms with Crippen molar-refractivity contribution in [3.8, 4) is 0 Å². The molecule has 1 aromatic rings. The summed E-state index contributed by atoms with van der Waals surface area (Å²) in [6.45, 7) is 9.60. The maximum absolute atomic E-state index is 13.6. The molecule has 0 amide bonds. The molecule has 0 aliphatic heterocycles. The first-order valence-electron chi connectivity index (χ1n) is 7.37. The third-order valence-electron chi connectivity index (χ3n) is 4.05. The molecule has 1 aromatic carbocycles. The van der Waals surface area contributed by atoms with E-state index in [4.69, 9.17) is 0 Å². The lowest BCUT2D eigenvalue weighted by Gasteiger charge is -2.27. The van der Waals surface area contributed by atoms with E-state index in [1.165, 1.54) is 24.8 Å². The molecule has 2 rings (SSSR count). The fourth-order valence-electron chi connectivity index (χ4n) is 3.14. The van der Waals surface area contributed by atoms with Crippen LogP contribution in [-0.2, 0) is 0 Å². The lowest BCUT2D eigenvalue weighted by atomic mass is 9.87. The Bertz CT molecular complexity index is 413. The number of benzene rings is 1. The van der Waals surface area contributed by atoms with E-state index in [-0.39, 0.29) is 11.4 Å². The van der Waals surface area contributed by atoms with Crippen LogP contribution in [0.2, 0.25) is 0 Å². The van der Waals surface area contributed by atoms with Crippen molar-refractivity contribution < 1.29 is 4.39 Å². The largest absolute Gasteiger partial charge is 0.312 e. The van der Waals surface area contributed by atoms with Gasteiger partial charge in [-0.25, -0.2) is 4.39 Å². The molecule has 1 fully saturated rings. The second-order valence-electron chi connectivity index (χ2n) is 6.99. The summed E-state index contributed by atoms with van der Waals surface area (Å²) in [6.07, 6.45) is 3.71. The zero-order valence-corrected chi connectivity index (χ0v) is 12.6. The summed E-state index contributed by atoms with van der Waals surface area (Å²) in [5, 5.41) is 3.60. The zero-order valence-electron chi connectivity index (χ0n) is 12.6. The van der Waals surface area contributed by atoms with Gasteiger partial charge in [-0.2, -0.15) is 0 Å². The average molecular weight is 263 g/mol. The molecule has 106 valence electrons. The Morgan fingerprint density at radius 2 is 1.95 bits per heavy atom. The van der Waals surface area contributed by atoms with E-state index < -0.39 is 0 Å². The molecule has 1 N–H and O–H groups in total. The number of nitrogens with one attached hydrogen (secondary N) is 1. The lowest BCUT2D eigenvalue weighted by Crippen LogP contribution is -2.39. The van der Waals surface area contributed by atoms with Crippen molar-refractivity contribution in [3.05, 3.63) is 35.1 Å². The minimum atomic E-state index is -0.0931. The zero-order chi connectivity index (χ0) is 14.0. The van der Waals surface area contributed by atoms with Crippen LogP contribution in [0, 0.1) is 18.7 Å². The van der Waals surface area contributed by atoms with Crippen molar-refractivity contribution in [2.75, 3.05) is 6.54 Å². The van der Waals surface area contributed by atoms with Gasteiger partial charge in [-0.05, 0) is 82.2 Å². The molecular weight excluding hydrogens is 237 g/mol. The SMILES string of the molecule is Cc1cc(F)cc(C2CCCC2CNC(C)(C)C)c1. The van der Waals surface area contributed by atoms with Gasteiger partial charge in [0.1, 0.15) is 5.82 Å². The minimum absolute atomic E-state index is 0.0931. The molecular formula is C17H26FN. The maximum Gasteiger partial charge on any atom is 0.123 e. The van der Waals surface area contributed by atoms with Crippen molar-refractivity contribution in [1.82, 2.24) is 5.32 Å². The van der Waals surface area contributed by atoms with Gasteiger partial charge in [0, 0.05) is 5.54 Å². The van der Waals surface area contributed by atoms with Crippen molar-refractivity contribution in [3.63, 3.8) is 0 Å². The molecule has 0 radical (unpaired) electrons. The van der Waals surface area contributed by atoms with Crippen molar-refractivity contribution in [2.45, 2.75) is 58.4 Å². The van der Waals surface area contributed by atoms with Crippen molar-refractivity contribution in [1.29, 1.82) is 0 Å². The predicted octanol–water partition coefficient (Wildman–Crippen LogP) is 4.41. The summed E-state index contributed by atoms with van der Waals surface area (Å²) in [5.74, 6) is 1.06. The number of rotatable bonds is 3. The molecule has 19 heavy (non-hydrogen) atoms. The van der Waals surface area contributed by atoms with E-state index in [9.17, 15) is 4.39 Å². The summed E-state index contributed by atoms with van der Waals surface area (Å²) >= 11 is 0. The molecule has 1 aliphatic rings. The molecule has 1 aliphatic carbocycles. The standard InChI is InChI=1S/C17H26FN/c1-12-8-14(10-15(18)9-12)16-7-5-6-13(16)11-19-17(2,3)4/h8-10,13,16,19H,5-7,11H2,1-4H3. The van der Waals surface area contributed by atoms with Crippen molar-refractivity contribution >= 4 is 0 Å². The molecule has 1 saturated carbocycles. The van der Waals surface area contributed by atoms with Crippen LogP contribution in [0.3, 0.4) is 0 Å². The van der Waals surface area contributed by atoms with E-state index in [0.717, 1.165) is 12.1 Å². The first-order valence-corrected chi connectivity index (χ1v) is 7.37. The fourth-order valence-corrected chi connectivity index (χ4v) is 3.14. The molecule has 0 heterocycles. The Labute approximate surface area is 116 Å². The van der Waals surface area contributed by atoms with Gasteiger partial charge in [0.15, 0.2) is 0 Å². The normalized spacial score (nSPS) is 23.8. The van der Waals surface area contributed by atoms with Crippen LogP contribution in [0.5, 0.6) is 0 Å². The van der Waals surface area contributed by atoms with Crippen molar-refractivity contribution in [2.24, 2.45) is 5.92 Å². The third-order valence-corrected chi connectivity index (χ3v) is 4.05. The van der Waals surface area contributed by atoms with Gasteiger partial charge in [0.25, 0.3) is 0 Å². The van der Waals surface area contributed by atoms with Crippen LogP contribution in [0.1, 0.15) is 57.1 Å². The van der Waals surface area contributed by atoms with Crippen LogP contribution in [-0.4, -0.2) is 12.1 Å². The summed E-state index contributed by atoms with van der Waals surface area (Å²) in [5.41, 5.74) is 2.38. The summed E-state index contributed by atoms with van der Waals surface area (Å²) in [7, 11) is 0. The first-order chi connectivity index (χ1) is 8.85. The number of hydrogen-bond donors (Lipinski definition) is 1. The van der Waals surface area contributed by atoms with E-state index in [1.807, 2.05) is 6.92 Å². The smallest absolute Gasteiger partial charge is 0.123 e. The molecule has 0 bridgehead atoms. The summed E-state index contributed by atoms with van der Waals surface area (Å²) in [6, 6.07) is 5.50. The van der Waals surface area contributed by atoms with Gasteiger partial charge in [0.05, 0.1) is 0 Å². The van der Waals surface area contributed by atoms with Gasteiger partial charge in [-0.1, -0.05) is 12.5 Å². The number of halogens is 1. The third kappa shape index (κ3) is 4.04. The first kappa shape index (κ1) is 14.5. The topological polar surface area (TPSA) is 12.0 Å². The molecule has 0 aromatic heterocycles. The molecule has 2 unspecified atom stereocenters. The Morgan fingerprint density at radius 3 is 2.58 bits per heavy atom. The Hall–Kier alpha value is -0.890. The van der Waals surface area contributed by atoms with E-state index in [0.29, 0.717) is 11.8 Å². The van der Waals surface area contributed by atoms with Gasteiger partial charge in [-0.15, -0.1) is 0 Å². The molecule has 0 saturated heterocycles. The molecule has 1 nitrogen and oxygen atoms in total. The lowest BCUT2D eigenvalue weighted by molar-refractivity contribution is 0.356. The number of hydrogen-bond acceptors (Lipinski definition) is 1. The van der Waals surface area contributed by atoms with E-state index in [2.05, 4.69) is 32.2 Å². The highest BCUT2D eigenvalue weighted by Crippen LogP contribution is 2.39. The minimum Gasteiger partial charge on any atom is -0.312 e. The maximum atomic E-state index is 13.6. The fraction of sp³-hybridized carbons (Fsp3) is 0.647. The second kappa shape index (κ2) is 5.62. The van der Waals surface area contributed by atoms with Gasteiger partial charge >= 0.3 is 0 Å².